The summed E-state index contributed by atoms with van der Waals surface area (Å²) in [4.78, 5) is 6.81. The van der Waals surface area contributed by atoms with Gasteiger partial charge in [-0.2, -0.15) is 0 Å². The van der Waals surface area contributed by atoms with Gasteiger partial charge in [0.05, 0.1) is 26.2 Å². The van der Waals surface area contributed by atoms with E-state index in [4.69, 9.17) is 12.8 Å². The Hall–Kier alpha value is -1.76. The van der Waals surface area contributed by atoms with Crippen LogP contribution in [0.4, 0.5) is 0 Å². The molecule has 2 aromatic rings. The monoisotopic (exact) mass is 303 g/mol. The minimum atomic E-state index is 0.753. The third-order valence-corrected chi connectivity index (χ3v) is 4.56. The first-order chi connectivity index (χ1) is 10.3. The van der Waals surface area contributed by atoms with Crippen LogP contribution < -0.4 is 4.09 Å². The van der Waals surface area contributed by atoms with Crippen LogP contribution in [0.3, 0.4) is 0 Å². The fourth-order valence-electron chi connectivity index (χ4n) is 3.32. The molecule has 7 heteroatoms. The summed E-state index contributed by atoms with van der Waals surface area (Å²) in [5.74, 6) is 1.19. The van der Waals surface area contributed by atoms with Crippen LogP contribution in [0.15, 0.2) is 18.3 Å². The highest BCUT2D eigenvalue weighted by molar-refractivity contribution is 7.51. The van der Waals surface area contributed by atoms with E-state index < -0.39 is 0 Å². The van der Waals surface area contributed by atoms with Crippen molar-refractivity contribution in [3.05, 3.63) is 18.3 Å². The van der Waals surface area contributed by atoms with Gasteiger partial charge >= 0.3 is 11.6 Å². The molecular formula is C14H19N6S+. The van der Waals surface area contributed by atoms with Gasteiger partial charge in [0.1, 0.15) is 6.20 Å². The minimum absolute atomic E-state index is 0.753. The van der Waals surface area contributed by atoms with Crippen molar-refractivity contribution in [3.63, 3.8) is 0 Å². The SMILES string of the molecule is [S-][n+]1nn(C(N2CCCC2)=[N+]2CCCC2)c2cccnc21. The number of nitrogens with zero attached hydrogens (tertiary/aromatic N) is 6. The Labute approximate surface area is 129 Å². The maximum Gasteiger partial charge on any atom is 0.382 e. The van der Waals surface area contributed by atoms with Gasteiger partial charge in [0.25, 0.3) is 0 Å². The van der Waals surface area contributed by atoms with E-state index in [0.29, 0.717) is 0 Å². The second-order valence-electron chi connectivity index (χ2n) is 5.71. The zero-order valence-corrected chi connectivity index (χ0v) is 12.8. The standard InChI is InChI=1S/C14H19N6S/c21-20-13-12(6-5-7-15-13)19(16-20)14(17-8-1-2-9-17)18-10-3-4-11-18/h5-7H,1-4,8-11H2/q+1. The molecule has 0 unspecified atom stereocenters. The molecule has 0 radical (unpaired) electrons. The van der Waals surface area contributed by atoms with Crippen molar-refractivity contribution in [3.8, 4) is 0 Å². The molecule has 4 heterocycles. The third kappa shape index (κ3) is 2.16. The number of fused-ring (bicyclic) bond motifs is 1. The zero-order valence-electron chi connectivity index (χ0n) is 12.0. The van der Waals surface area contributed by atoms with E-state index in [0.717, 1.165) is 37.3 Å². The molecule has 0 bridgehead atoms. The lowest BCUT2D eigenvalue weighted by atomic mass is 10.4. The van der Waals surface area contributed by atoms with Crippen molar-refractivity contribution in [2.45, 2.75) is 25.7 Å². The van der Waals surface area contributed by atoms with Gasteiger partial charge in [-0.25, -0.2) is 4.09 Å². The van der Waals surface area contributed by atoms with Crippen molar-refractivity contribution in [2.24, 2.45) is 0 Å². The maximum atomic E-state index is 5.31. The number of pyridine rings is 1. The molecular weight excluding hydrogens is 284 g/mol. The van der Waals surface area contributed by atoms with Gasteiger partial charge in [0.15, 0.2) is 0 Å². The Morgan fingerprint density at radius 2 is 1.90 bits per heavy atom. The first kappa shape index (κ1) is 12.9. The van der Waals surface area contributed by atoms with Crippen molar-refractivity contribution in [1.29, 1.82) is 0 Å². The van der Waals surface area contributed by atoms with Crippen LogP contribution in [0.2, 0.25) is 0 Å². The fraction of sp³-hybridized carbons (Fsp3) is 0.571. The van der Waals surface area contributed by atoms with E-state index in [9.17, 15) is 0 Å². The summed E-state index contributed by atoms with van der Waals surface area (Å²) in [7, 11) is 0. The smallest absolute Gasteiger partial charge is 0.382 e. The average Bonchev–Trinajstić information content (AvgIpc) is 3.24. The van der Waals surface area contributed by atoms with Gasteiger partial charge in [0.2, 0.25) is 5.52 Å². The van der Waals surface area contributed by atoms with E-state index in [2.05, 4.69) is 19.7 Å². The van der Waals surface area contributed by atoms with E-state index in [1.807, 2.05) is 16.8 Å². The highest BCUT2D eigenvalue weighted by atomic mass is 32.1. The number of hydrogen-bond donors (Lipinski definition) is 0. The third-order valence-electron chi connectivity index (χ3n) is 4.31. The topological polar surface area (TPSA) is 40.8 Å². The predicted molar refractivity (Wildman–Crippen MR) is 80.9 cm³/mol. The molecule has 0 atom stereocenters. The van der Waals surface area contributed by atoms with Crippen molar-refractivity contribution in [2.75, 3.05) is 26.2 Å². The largest absolute Gasteiger partial charge is 0.570 e. The van der Waals surface area contributed by atoms with E-state index in [1.54, 1.807) is 6.20 Å². The number of hydrogen-bond acceptors (Lipinski definition) is 3. The molecule has 2 aliphatic rings. The molecule has 0 aromatic carbocycles. The summed E-state index contributed by atoms with van der Waals surface area (Å²) >= 11 is 5.31. The van der Waals surface area contributed by atoms with Gasteiger partial charge in [-0.15, -0.1) is 4.98 Å². The molecule has 2 aliphatic heterocycles. The van der Waals surface area contributed by atoms with Gasteiger partial charge in [0, 0.05) is 5.21 Å². The Kier molecular flexibility index (Phi) is 3.21. The van der Waals surface area contributed by atoms with Gasteiger partial charge in [-0.05, 0) is 37.8 Å². The molecule has 0 N–H and O–H groups in total. The average molecular weight is 303 g/mol. The lowest BCUT2D eigenvalue weighted by Gasteiger charge is -2.15. The number of likely N-dealkylation sites (tertiary alicyclic amines) is 1. The highest BCUT2D eigenvalue weighted by Gasteiger charge is 2.32. The van der Waals surface area contributed by atoms with Crippen molar-refractivity contribution in [1.82, 2.24) is 19.8 Å². The molecule has 0 aliphatic carbocycles. The summed E-state index contributed by atoms with van der Waals surface area (Å²) in [6.07, 6.45) is 6.78. The fourth-order valence-corrected chi connectivity index (χ4v) is 3.54. The first-order valence-corrected chi connectivity index (χ1v) is 8.02. The number of aromatic nitrogens is 4. The van der Waals surface area contributed by atoms with Crippen LogP contribution in [-0.4, -0.2) is 56.5 Å². The van der Waals surface area contributed by atoms with Gasteiger partial charge < -0.3 is 12.8 Å². The summed E-state index contributed by atoms with van der Waals surface area (Å²) in [5.41, 5.74) is 1.74. The second kappa shape index (κ2) is 5.22. The Morgan fingerprint density at radius 3 is 2.67 bits per heavy atom. The van der Waals surface area contributed by atoms with Gasteiger partial charge in [-0.3, -0.25) is 9.48 Å². The zero-order chi connectivity index (χ0) is 14.2. The quantitative estimate of drug-likeness (QED) is 0.394. The Bertz CT molecular complexity index is 693. The van der Waals surface area contributed by atoms with Crippen LogP contribution in [0.1, 0.15) is 25.7 Å². The van der Waals surface area contributed by atoms with Crippen LogP contribution in [0, 0.1) is 0 Å². The second-order valence-corrected chi connectivity index (χ2v) is 6.05. The molecule has 0 saturated carbocycles. The molecule has 4 rings (SSSR count). The van der Waals surface area contributed by atoms with Crippen molar-refractivity contribution < 1.29 is 8.66 Å². The first-order valence-electron chi connectivity index (χ1n) is 7.65. The Balaban J connectivity index is 1.91. The Morgan fingerprint density at radius 1 is 1.14 bits per heavy atom. The van der Waals surface area contributed by atoms with Crippen LogP contribution >= 0.6 is 0 Å². The molecule has 0 spiro atoms. The lowest BCUT2D eigenvalue weighted by Crippen LogP contribution is -2.43. The minimum Gasteiger partial charge on any atom is -0.570 e. The molecule has 110 valence electrons. The highest BCUT2D eigenvalue weighted by Crippen LogP contribution is 2.15. The molecule has 0 amide bonds. The van der Waals surface area contributed by atoms with E-state index in [-0.39, 0.29) is 0 Å². The maximum absolute atomic E-state index is 5.31. The van der Waals surface area contributed by atoms with Crippen LogP contribution in [0.25, 0.3) is 11.2 Å². The molecule has 2 aromatic heterocycles. The normalized spacial score (nSPS) is 18.9. The summed E-state index contributed by atoms with van der Waals surface area (Å²) < 4.78 is 5.90. The summed E-state index contributed by atoms with van der Waals surface area (Å²) in [6.45, 7) is 4.41. The molecule has 21 heavy (non-hydrogen) atoms. The lowest BCUT2D eigenvalue weighted by molar-refractivity contribution is -0.544. The van der Waals surface area contributed by atoms with Crippen molar-refractivity contribution >= 4 is 29.9 Å². The molecule has 6 nitrogen and oxygen atoms in total. The summed E-state index contributed by atoms with van der Waals surface area (Å²) in [5, 5.41) is 4.54. The predicted octanol–water partition coefficient (Wildman–Crippen LogP) is 0.135. The molecule has 2 saturated heterocycles. The number of rotatable bonds is 0. The van der Waals surface area contributed by atoms with Gasteiger partial charge in [-0.1, -0.05) is 4.68 Å². The van der Waals surface area contributed by atoms with E-state index in [1.165, 1.54) is 35.7 Å². The van der Waals surface area contributed by atoms with Crippen LogP contribution in [-0.2, 0) is 12.8 Å². The van der Waals surface area contributed by atoms with E-state index >= 15 is 0 Å². The molecule has 2 fully saturated rings. The summed E-state index contributed by atoms with van der Waals surface area (Å²) in [6, 6.07) is 3.99. The van der Waals surface area contributed by atoms with Crippen LogP contribution in [0.5, 0.6) is 0 Å².